The summed E-state index contributed by atoms with van der Waals surface area (Å²) >= 11 is 0. The highest BCUT2D eigenvalue weighted by atomic mass is 16.6. The van der Waals surface area contributed by atoms with Crippen LogP contribution in [0.4, 0.5) is 11.4 Å². The average molecular weight is 359 g/mol. The van der Waals surface area contributed by atoms with Crippen molar-refractivity contribution >= 4 is 22.4 Å². The van der Waals surface area contributed by atoms with Crippen molar-refractivity contribution in [1.82, 2.24) is 15.0 Å². The number of non-ortho nitro benzene ring substituents is 1. The first kappa shape index (κ1) is 16.7. The van der Waals surface area contributed by atoms with Crippen molar-refractivity contribution in [2.24, 2.45) is 0 Å². The number of aromatic nitrogens is 3. The van der Waals surface area contributed by atoms with E-state index in [2.05, 4.69) is 15.6 Å². The molecule has 1 heterocycles. The Labute approximate surface area is 155 Å². The maximum atomic E-state index is 11.1. The van der Waals surface area contributed by atoms with Crippen LogP contribution in [-0.4, -0.2) is 19.9 Å². The molecule has 0 fully saturated rings. The van der Waals surface area contributed by atoms with Crippen LogP contribution in [0.2, 0.25) is 0 Å². The van der Waals surface area contributed by atoms with E-state index in [-0.39, 0.29) is 11.9 Å². The van der Waals surface area contributed by atoms with Gasteiger partial charge in [-0.2, -0.15) is 0 Å². The molecule has 3 aromatic carbocycles. The minimum atomic E-state index is -0.401. The van der Waals surface area contributed by atoms with E-state index < -0.39 is 4.92 Å². The Hall–Kier alpha value is -3.74. The van der Waals surface area contributed by atoms with E-state index in [1.54, 1.807) is 6.07 Å². The molecule has 0 radical (unpaired) electrons. The topological polar surface area (TPSA) is 85.9 Å². The van der Waals surface area contributed by atoms with Crippen molar-refractivity contribution in [1.29, 1.82) is 0 Å². The molecule has 1 aromatic heterocycles. The lowest BCUT2D eigenvalue weighted by molar-refractivity contribution is -0.384. The third-order valence-corrected chi connectivity index (χ3v) is 4.33. The highest BCUT2D eigenvalue weighted by Gasteiger charge is 2.17. The van der Waals surface area contributed by atoms with Crippen LogP contribution in [-0.2, 0) is 6.42 Å². The standard InChI is InChI=1S/C20H17N5O2/c26-25(27)17-10-6-9-16(14-17)21-20(13-15-7-2-1-3-8-15)24-19-12-5-4-11-18(19)22-23-24/h1-12,14,20-21H,13H2/t20-/m1/s1. The highest BCUT2D eigenvalue weighted by Crippen LogP contribution is 2.24. The van der Waals surface area contributed by atoms with E-state index in [9.17, 15) is 10.1 Å². The summed E-state index contributed by atoms with van der Waals surface area (Å²) in [6.07, 6.45) is 0.401. The number of benzene rings is 3. The van der Waals surface area contributed by atoms with Gasteiger partial charge in [0, 0.05) is 24.2 Å². The van der Waals surface area contributed by atoms with Gasteiger partial charge in [-0.3, -0.25) is 10.1 Å². The van der Waals surface area contributed by atoms with Gasteiger partial charge in [0.05, 0.1) is 10.4 Å². The molecule has 7 nitrogen and oxygen atoms in total. The van der Waals surface area contributed by atoms with Crippen molar-refractivity contribution in [2.75, 3.05) is 5.32 Å². The lowest BCUT2D eigenvalue weighted by Gasteiger charge is -2.21. The van der Waals surface area contributed by atoms with Gasteiger partial charge in [0.1, 0.15) is 11.7 Å². The first-order chi connectivity index (χ1) is 13.2. The number of nitrogens with zero attached hydrogens (tertiary/aromatic N) is 4. The number of nitro groups is 1. The number of anilines is 1. The Morgan fingerprint density at radius 3 is 2.59 bits per heavy atom. The smallest absolute Gasteiger partial charge is 0.271 e. The Balaban J connectivity index is 1.72. The quantitative estimate of drug-likeness (QED) is 0.412. The number of rotatable bonds is 6. The molecule has 0 spiro atoms. The number of nitro benzene ring substituents is 1. The molecule has 1 N–H and O–H groups in total. The summed E-state index contributed by atoms with van der Waals surface area (Å²) in [6, 6.07) is 24.2. The van der Waals surface area contributed by atoms with E-state index in [1.807, 2.05) is 65.3 Å². The van der Waals surface area contributed by atoms with E-state index in [1.165, 1.54) is 12.1 Å². The molecule has 1 atom stereocenters. The van der Waals surface area contributed by atoms with Gasteiger partial charge < -0.3 is 5.32 Å². The molecule has 4 aromatic rings. The van der Waals surface area contributed by atoms with Crippen LogP contribution in [0, 0.1) is 10.1 Å². The maximum Gasteiger partial charge on any atom is 0.271 e. The van der Waals surface area contributed by atoms with Crippen molar-refractivity contribution in [3.05, 3.63) is 94.5 Å². The Bertz CT molecular complexity index is 1080. The van der Waals surface area contributed by atoms with Crippen molar-refractivity contribution in [2.45, 2.75) is 12.6 Å². The fourth-order valence-corrected chi connectivity index (χ4v) is 3.05. The minimum absolute atomic E-state index is 0.0434. The lowest BCUT2D eigenvalue weighted by atomic mass is 10.1. The second-order valence-corrected chi connectivity index (χ2v) is 6.18. The molecule has 0 aliphatic carbocycles. The summed E-state index contributed by atoms with van der Waals surface area (Å²) in [6.45, 7) is 0. The molecule has 27 heavy (non-hydrogen) atoms. The third kappa shape index (κ3) is 3.62. The summed E-state index contributed by atoms with van der Waals surface area (Å²) < 4.78 is 1.82. The normalized spacial score (nSPS) is 12.0. The van der Waals surface area contributed by atoms with Crippen LogP contribution in [0.5, 0.6) is 0 Å². The van der Waals surface area contributed by atoms with Crippen molar-refractivity contribution in [3.8, 4) is 0 Å². The predicted octanol–water partition coefficient (Wildman–Crippen LogP) is 4.19. The van der Waals surface area contributed by atoms with E-state index >= 15 is 0 Å². The molecular weight excluding hydrogens is 342 g/mol. The summed E-state index contributed by atoms with van der Waals surface area (Å²) in [7, 11) is 0. The van der Waals surface area contributed by atoms with Gasteiger partial charge in [-0.15, -0.1) is 5.10 Å². The number of para-hydroxylation sites is 1. The first-order valence-electron chi connectivity index (χ1n) is 8.55. The first-order valence-corrected chi connectivity index (χ1v) is 8.55. The average Bonchev–Trinajstić information content (AvgIpc) is 3.13. The summed E-state index contributed by atoms with van der Waals surface area (Å²) in [5.41, 5.74) is 3.53. The molecule has 134 valence electrons. The monoisotopic (exact) mass is 359 g/mol. The van der Waals surface area contributed by atoms with Crippen molar-refractivity contribution in [3.63, 3.8) is 0 Å². The summed E-state index contributed by atoms with van der Waals surface area (Å²) in [5, 5.41) is 23.0. The van der Waals surface area contributed by atoms with E-state index in [4.69, 9.17) is 0 Å². The Morgan fingerprint density at radius 1 is 1.00 bits per heavy atom. The molecule has 0 aliphatic rings. The van der Waals surface area contributed by atoms with E-state index in [0.29, 0.717) is 12.1 Å². The van der Waals surface area contributed by atoms with Gasteiger partial charge in [-0.25, -0.2) is 4.68 Å². The molecule has 0 unspecified atom stereocenters. The van der Waals surface area contributed by atoms with Crippen LogP contribution in [0.15, 0.2) is 78.9 Å². The van der Waals surface area contributed by atoms with Crippen LogP contribution in [0.25, 0.3) is 11.0 Å². The van der Waals surface area contributed by atoms with Crippen LogP contribution >= 0.6 is 0 Å². The molecule has 4 rings (SSSR count). The second kappa shape index (κ2) is 7.25. The highest BCUT2D eigenvalue weighted by molar-refractivity contribution is 5.74. The molecule has 0 aliphatic heterocycles. The fourth-order valence-electron chi connectivity index (χ4n) is 3.05. The maximum absolute atomic E-state index is 11.1. The van der Waals surface area contributed by atoms with Gasteiger partial charge in [0.2, 0.25) is 0 Å². The van der Waals surface area contributed by atoms with Crippen LogP contribution in [0.3, 0.4) is 0 Å². The molecule has 0 saturated carbocycles. The third-order valence-electron chi connectivity index (χ3n) is 4.33. The zero-order valence-electron chi connectivity index (χ0n) is 14.4. The molecule has 0 saturated heterocycles. The zero-order valence-corrected chi connectivity index (χ0v) is 14.4. The van der Waals surface area contributed by atoms with Gasteiger partial charge in [-0.1, -0.05) is 53.7 Å². The van der Waals surface area contributed by atoms with Crippen LogP contribution in [0.1, 0.15) is 11.7 Å². The minimum Gasteiger partial charge on any atom is -0.363 e. The number of hydrogen-bond donors (Lipinski definition) is 1. The lowest BCUT2D eigenvalue weighted by Crippen LogP contribution is -2.22. The van der Waals surface area contributed by atoms with Gasteiger partial charge in [-0.05, 0) is 23.8 Å². The molecule has 0 amide bonds. The number of hydrogen-bond acceptors (Lipinski definition) is 5. The summed E-state index contributed by atoms with van der Waals surface area (Å²) in [4.78, 5) is 10.7. The fraction of sp³-hybridized carbons (Fsp3) is 0.100. The molecule has 7 heteroatoms. The van der Waals surface area contributed by atoms with Gasteiger partial charge in [0.15, 0.2) is 0 Å². The SMILES string of the molecule is O=[N+]([O-])c1cccc(N[C@@H](Cc2ccccc2)n2nnc3ccccc32)c1. The van der Waals surface area contributed by atoms with Gasteiger partial charge >= 0.3 is 0 Å². The van der Waals surface area contributed by atoms with E-state index in [0.717, 1.165) is 16.6 Å². The Morgan fingerprint density at radius 2 is 1.78 bits per heavy atom. The second-order valence-electron chi connectivity index (χ2n) is 6.18. The van der Waals surface area contributed by atoms with Crippen molar-refractivity contribution < 1.29 is 4.92 Å². The predicted molar refractivity (Wildman–Crippen MR) is 103 cm³/mol. The molecular formula is C20H17N5O2. The summed E-state index contributed by atoms with van der Waals surface area (Å²) in [5.74, 6) is 0. The Kier molecular flexibility index (Phi) is 4.49. The number of fused-ring (bicyclic) bond motifs is 1. The van der Waals surface area contributed by atoms with Crippen LogP contribution < -0.4 is 5.32 Å². The molecule has 0 bridgehead atoms. The largest absolute Gasteiger partial charge is 0.363 e. The zero-order chi connectivity index (χ0) is 18.6. The van der Waals surface area contributed by atoms with Gasteiger partial charge in [0.25, 0.3) is 5.69 Å². The number of nitrogens with one attached hydrogen (secondary N) is 1.